The number of aliphatic hydroxyl groups excluding tert-OH is 1. The highest BCUT2D eigenvalue weighted by atomic mass is 79.9. The van der Waals surface area contributed by atoms with Gasteiger partial charge >= 0.3 is 0 Å². The molecule has 2 rings (SSSR count). The molecule has 2 aromatic rings. The lowest BCUT2D eigenvalue weighted by atomic mass is 9.89. The number of hydrogen-bond acceptors (Lipinski definition) is 2. The Morgan fingerprint density at radius 2 is 1.80 bits per heavy atom. The molecule has 20 heavy (non-hydrogen) atoms. The first-order valence-electron chi connectivity index (χ1n) is 6.12. The van der Waals surface area contributed by atoms with Gasteiger partial charge in [-0.3, -0.25) is 0 Å². The summed E-state index contributed by atoms with van der Waals surface area (Å²) in [6.45, 7) is 0.0805. The van der Waals surface area contributed by atoms with Gasteiger partial charge in [0.1, 0.15) is 11.6 Å². The Morgan fingerprint density at radius 1 is 1.10 bits per heavy atom. The molecule has 0 aliphatic heterocycles. The summed E-state index contributed by atoms with van der Waals surface area (Å²) in [6, 6.07) is 10.4. The molecular weight excluding hydrogens is 328 g/mol. The van der Waals surface area contributed by atoms with E-state index in [1.54, 1.807) is 18.2 Å². The second kappa shape index (κ2) is 6.43. The Kier molecular flexibility index (Phi) is 4.86. The maximum absolute atomic E-state index is 13.8. The molecule has 2 unspecified atom stereocenters. The highest BCUT2D eigenvalue weighted by Gasteiger charge is 2.24. The fourth-order valence-electron chi connectivity index (χ4n) is 2.13. The van der Waals surface area contributed by atoms with E-state index in [1.807, 2.05) is 0 Å². The van der Waals surface area contributed by atoms with Crippen LogP contribution in [0.15, 0.2) is 46.9 Å². The van der Waals surface area contributed by atoms with Crippen LogP contribution in [0.4, 0.5) is 8.78 Å². The molecular formula is C15H14BrF2NO. The summed E-state index contributed by atoms with van der Waals surface area (Å²) < 4.78 is 27.3. The minimum Gasteiger partial charge on any atom is -0.388 e. The van der Waals surface area contributed by atoms with E-state index in [-0.39, 0.29) is 11.0 Å². The van der Waals surface area contributed by atoms with Crippen LogP contribution in [-0.4, -0.2) is 11.7 Å². The minimum atomic E-state index is -1.01. The van der Waals surface area contributed by atoms with Crippen LogP contribution in [0.25, 0.3) is 0 Å². The lowest BCUT2D eigenvalue weighted by Crippen LogP contribution is -2.21. The molecule has 0 aliphatic carbocycles. The van der Waals surface area contributed by atoms with Crippen LogP contribution in [0, 0.1) is 11.6 Å². The predicted octanol–water partition coefficient (Wildman–Crippen LogP) is 3.50. The van der Waals surface area contributed by atoms with Crippen molar-refractivity contribution in [3.8, 4) is 0 Å². The van der Waals surface area contributed by atoms with E-state index >= 15 is 0 Å². The zero-order chi connectivity index (χ0) is 14.7. The maximum Gasteiger partial charge on any atom is 0.137 e. The minimum absolute atomic E-state index is 0.0805. The van der Waals surface area contributed by atoms with Crippen molar-refractivity contribution in [2.75, 3.05) is 6.54 Å². The Balaban J connectivity index is 2.36. The quantitative estimate of drug-likeness (QED) is 0.893. The van der Waals surface area contributed by atoms with E-state index in [0.29, 0.717) is 11.1 Å². The third-order valence-electron chi connectivity index (χ3n) is 3.22. The second-order valence-electron chi connectivity index (χ2n) is 4.48. The third kappa shape index (κ3) is 3.06. The molecule has 2 nitrogen and oxygen atoms in total. The van der Waals surface area contributed by atoms with Crippen LogP contribution < -0.4 is 5.73 Å². The molecule has 0 saturated heterocycles. The average Bonchev–Trinajstić information content (AvgIpc) is 2.44. The van der Waals surface area contributed by atoms with Crippen LogP contribution in [0.5, 0.6) is 0 Å². The molecule has 0 radical (unpaired) electrons. The highest BCUT2D eigenvalue weighted by molar-refractivity contribution is 9.10. The van der Waals surface area contributed by atoms with Gasteiger partial charge in [-0.15, -0.1) is 0 Å². The third-order valence-corrected chi connectivity index (χ3v) is 3.83. The molecule has 0 spiro atoms. The largest absolute Gasteiger partial charge is 0.388 e. The SMILES string of the molecule is NCC(c1ccccc1F)C(O)c1ccc(F)c(Br)c1. The molecule has 3 N–H and O–H groups in total. The van der Waals surface area contributed by atoms with Crippen molar-refractivity contribution in [2.45, 2.75) is 12.0 Å². The number of nitrogens with two attached hydrogens (primary N) is 1. The van der Waals surface area contributed by atoms with Crippen LogP contribution in [0.1, 0.15) is 23.1 Å². The number of benzene rings is 2. The van der Waals surface area contributed by atoms with Crippen molar-refractivity contribution in [3.05, 3.63) is 69.7 Å². The molecule has 0 aliphatic rings. The summed E-state index contributed by atoms with van der Waals surface area (Å²) in [6.07, 6.45) is -1.01. The first-order valence-corrected chi connectivity index (χ1v) is 6.91. The van der Waals surface area contributed by atoms with Gasteiger partial charge in [-0.2, -0.15) is 0 Å². The van der Waals surface area contributed by atoms with Crippen molar-refractivity contribution < 1.29 is 13.9 Å². The van der Waals surface area contributed by atoms with E-state index in [0.717, 1.165) is 0 Å². The van der Waals surface area contributed by atoms with Gasteiger partial charge in [0, 0.05) is 12.5 Å². The maximum atomic E-state index is 13.8. The van der Waals surface area contributed by atoms with E-state index in [1.165, 1.54) is 24.3 Å². The molecule has 0 fully saturated rings. The lowest BCUT2D eigenvalue weighted by Gasteiger charge is -2.23. The predicted molar refractivity (Wildman–Crippen MR) is 77.3 cm³/mol. The molecule has 0 bridgehead atoms. The summed E-state index contributed by atoms with van der Waals surface area (Å²) in [5.74, 6) is -1.42. The Morgan fingerprint density at radius 3 is 2.40 bits per heavy atom. The molecule has 0 amide bonds. The molecule has 106 valence electrons. The number of rotatable bonds is 4. The van der Waals surface area contributed by atoms with Crippen molar-refractivity contribution >= 4 is 15.9 Å². The summed E-state index contributed by atoms with van der Waals surface area (Å²) in [7, 11) is 0. The normalized spacial score (nSPS) is 14.1. The van der Waals surface area contributed by atoms with E-state index < -0.39 is 23.7 Å². The molecule has 2 atom stereocenters. The van der Waals surface area contributed by atoms with Gasteiger partial charge in [-0.05, 0) is 45.3 Å². The van der Waals surface area contributed by atoms with Gasteiger partial charge in [-0.1, -0.05) is 24.3 Å². The van der Waals surface area contributed by atoms with Crippen molar-refractivity contribution in [2.24, 2.45) is 5.73 Å². The van der Waals surface area contributed by atoms with Crippen molar-refractivity contribution in [3.63, 3.8) is 0 Å². The smallest absolute Gasteiger partial charge is 0.137 e. The first-order chi connectivity index (χ1) is 9.54. The van der Waals surface area contributed by atoms with Gasteiger partial charge in [0.15, 0.2) is 0 Å². The lowest BCUT2D eigenvalue weighted by molar-refractivity contribution is 0.145. The fraction of sp³-hybridized carbons (Fsp3) is 0.200. The van der Waals surface area contributed by atoms with Gasteiger partial charge in [0.2, 0.25) is 0 Å². The summed E-state index contributed by atoms with van der Waals surface area (Å²) in [5.41, 5.74) is 6.50. The Bertz CT molecular complexity index is 606. The molecule has 0 heterocycles. The van der Waals surface area contributed by atoms with Crippen LogP contribution >= 0.6 is 15.9 Å². The molecule has 0 aromatic heterocycles. The van der Waals surface area contributed by atoms with Crippen LogP contribution in [0.3, 0.4) is 0 Å². The summed E-state index contributed by atoms with van der Waals surface area (Å²) in [4.78, 5) is 0. The summed E-state index contributed by atoms with van der Waals surface area (Å²) >= 11 is 3.06. The number of hydrogen-bond donors (Lipinski definition) is 2. The fourth-order valence-corrected chi connectivity index (χ4v) is 2.53. The topological polar surface area (TPSA) is 46.2 Å². The Hall–Kier alpha value is -1.30. The average molecular weight is 342 g/mol. The second-order valence-corrected chi connectivity index (χ2v) is 5.34. The van der Waals surface area contributed by atoms with Crippen LogP contribution in [-0.2, 0) is 0 Å². The standard InChI is InChI=1S/C15H14BrF2NO/c16-12-7-9(5-6-14(12)18)15(20)11(8-19)10-3-1-2-4-13(10)17/h1-7,11,15,20H,8,19H2. The monoisotopic (exact) mass is 341 g/mol. The molecule has 2 aromatic carbocycles. The Labute approximate surface area is 124 Å². The molecule has 5 heteroatoms. The zero-order valence-electron chi connectivity index (χ0n) is 10.6. The zero-order valence-corrected chi connectivity index (χ0v) is 12.1. The highest BCUT2D eigenvalue weighted by Crippen LogP contribution is 2.33. The van der Waals surface area contributed by atoms with Gasteiger partial charge in [-0.25, -0.2) is 8.78 Å². The summed E-state index contributed by atoms with van der Waals surface area (Å²) in [5, 5.41) is 10.4. The van der Waals surface area contributed by atoms with Gasteiger partial charge in [0.25, 0.3) is 0 Å². The van der Waals surface area contributed by atoms with E-state index in [2.05, 4.69) is 15.9 Å². The number of aliphatic hydroxyl groups is 1. The van der Waals surface area contributed by atoms with Gasteiger partial charge < -0.3 is 10.8 Å². The van der Waals surface area contributed by atoms with E-state index in [9.17, 15) is 13.9 Å². The molecule has 0 saturated carbocycles. The van der Waals surface area contributed by atoms with Crippen molar-refractivity contribution in [1.29, 1.82) is 0 Å². The van der Waals surface area contributed by atoms with Crippen LogP contribution in [0.2, 0.25) is 0 Å². The van der Waals surface area contributed by atoms with Crippen molar-refractivity contribution in [1.82, 2.24) is 0 Å². The van der Waals surface area contributed by atoms with E-state index in [4.69, 9.17) is 5.73 Å². The van der Waals surface area contributed by atoms with Gasteiger partial charge in [0.05, 0.1) is 10.6 Å². The number of halogens is 3. The first kappa shape index (κ1) is 15.1.